The topological polar surface area (TPSA) is 79.3 Å². The molecule has 0 unspecified atom stereocenters. The van der Waals surface area contributed by atoms with E-state index in [-0.39, 0.29) is 17.0 Å². The monoisotopic (exact) mass is 168 g/mol. The van der Waals surface area contributed by atoms with Gasteiger partial charge in [-0.25, -0.2) is 0 Å². The molecule has 12 heavy (non-hydrogen) atoms. The van der Waals surface area contributed by atoms with E-state index >= 15 is 0 Å². The number of allylic oxidation sites excluding steroid dienone is 2. The Labute approximate surface area is 71.6 Å². The molecule has 0 aromatic carbocycles. The van der Waals surface area contributed by atoms with Crippen LogP contribution >= 0.6 is 0 Å². The van der Waals surface area contributed by atoms with Crippen LogP contribution in [-0.2, 0) is 4.74 Å². The largest absolute Gasteiger partial charge is 0.510 e. The maximum absolute atomic E-state index is 8.93. The Balaban J connectivity index is 4.60. The molecule has 0 aliphatic rings. The summed E-state index contributed by atoms with van der Waals surface area (Å²) in [6.45, 7) is 3.66. The minimum Gasteiger partial charge on any atom is -0.510 e. The summed E-state index contributed by atoms with van der Waals surface area (Å²) in [7, 11) is 0. The molecule has 3 N–H and O–H groups in total. The number of nitrogens with two attached hydrogens (primary N) is 1. The lowest BCUT2D eigenvalue weighted by molar-refractivity contribution is 0.267. The minimum atomic E-state index is -0.0810. The Kier molecular flexibility index (Phi) is 4.39. The van der Waals surface area contributed by atoms with Gasteiger partial charge in [-0.05, 0) is 13.8 Å². The van der Waals surface area contributed by atoms with E-state index in [0.717, 1.165) is 0 Å². The summed E-state index contributed by atoms with van der Waals surface area (Å²) in [6.07, 6.45) is 1.23. The normalized spacial score (nSPS) is 13.2. The third kappa shape index (κ3) is 2.97. The molecule has 0 aliphatic carbocycles. The second kappa shape index (κ2) is 5.08. The van der Waals surface area contributed by atoms with Gasteiger partial charge in [0.1, 0.15) is 23.7 Å². The first-order valence-electron chi connectivity index (χ1n) is 3.51. The highest BCUT2D eigenvalue weighted by molar-refractivity contribution is 5.39. The molecule has 0 atom stereocenters. The molecule has 0 heterocycles. The maximum Gasteiger partial charge on any atom is 0.113 e. The minimum absolute atomic E-state index is 0.0472. The molecule has 0 bridgehead atoms. The number of aliphatic hydroxyl groups is 1. The summed E-state index contributed by atoms with van der Waals surface area (Å²) in [5, 5.41) is 17.5. The Morgan fingerprint density at radius 1 is 1.75 bits per heavy atom. The van der Waals surface area contributed by atoms with Crippen LogP contribution in [0.15, 0.2) is 23.3 Å². The van der Waals surface area contributed by atoms with E-state index in [1.54, 1.807) is 6.92 Å². The van der Waals surface area contributed by atoms with Crippen molar-refractivity contribution in [2.24, 2.45) is 5.73 Å². The Morgan fingerprint density at radius 3 is 2.67 bits per heavy atom. The van der Waals surface area contributed by atoms with Crippen molar-refractivity contribution in [3.63, 3.8) is 0 Å². The van der Waals surface area contributed by atoms with Crippen molar-refractivity contribution < 1.29 is 9.84 Å². The van der Waals surface area contributed by atoms with Crippen molar-refractivity contribution in [3.8, 4) is 6.07 Å². The van der Waals surface area contributed by atoms with E-state index in [1.165, 1.54) is 13.2 Å². The molecule has 0 rings (SSSR count). The van der Waals surface area contributed by atoms with E-state index in [4.69, 9.17) is 20.8 Å². The van der Waals surface area contributed by atoms with Gasteiger partial charge in [-0.1, -0.05) is 0 Å². The van der Waals surface area contributed by atoms with E-state index < -0.39 is 0 Å². The molecule has 0 amide bonds. The highest BCUT2D eigenvalue weighted by Gasteiger charge is 2.03. The fourth-order valence-corrected chi connectivity index (χ4v) is 0.512. The molecule has 4 heteroatoms. The van der Waals surface area contributed by atoms with Crippen molar-refractivity contribution in [2.75, 3.05) is 6.61 Å². The summed E-state index contributed by atoms with van der Waals surface area (Å²) in [5.41, 5.74) is 5.55. The van der Waals surface area contributed by atoms with Gasteiger partial charge in [-0.15, -0.1) is 0 Å². The van der Waals surface area contributed by atoms with Gasteiger partial charge in [0.15, 0.2) is 0 Å². The predicted octanol–water partition coefficient (Wildman–Crippen LogP) is 1.18. The zero-order valence-corrected chi connectivity index (χ0v) is 7.16. The molecule has 0 aliphatic heterocycles. The van der Waals surface area contributed by atoms with Crippen molar-refractivity contribution in [1.82, 2.24) is 0 Å². The molecular formula is C8H12N2O2. The van der Waals surface area contributed by atoms with Crippen LogP contribution in [0.3, 0.4) is 0 Å². The number of hydrogen-bond acceptors (Lipinski definition) is 4. The lowest BCUT2D eigenvalue weighted by Crippen LogP contribution is -2.03. The van der Waals surface area contributed by atoms with Gasteiger partial charge in [0.2, 0.25) is 0 Å². The van der Waals surface area contributed by atoms with E-state index in [0.29, 0.717) is 6.61 Å². The summed E-state index contributed by atoms with van der Waals surface area (Å²) in [6, 6.07) is 1.81. The number of nitrogens with zero attached hydrogens (tertiary/aromatic N) is 1. The van der Waals surface area contributed by atoms with Gasteiger partial charge in [0, 0.05) is 0 Å². The zero-order valence-electron chi connectivity index (χ0n) is 7.16. The molecular weight excluding hydrogens is 156 g/mol. The van der Waals surface area contributed by atoms with Gasteiger partial charge in [0.25, 0.3) is 0 Å². The second-order valence-electron chi connectivity index (χ2n) is 2.10. The molecule has 66 valence electrons. The fourth-order valence-electron chi connectivity index (χ4n) is 0.512. The van der Waals surface area contributed by atoms with Crippen LogP contribution in [0.4, 0.5) is 0 Å². The third-order valence-corrected chi connectivity index (χ3v) is 1.17. The summed E-state index contributed by atoms with van der Waals surface area (Å²) in [5.74, 6) is -0.0810. The van der Waals surface area contributed by atoms with Crippen LogP contribution in [0.2, 0.25) is 0 Å². The average Bonchev–Trinajstić information content (AvgIpc) is 2.05. The summed E-state index contributed by atoms with van der Waals surface area (Å²) >= 11 is 0. The number of aliphatic hydroxyl groups excluding tert-OH is 1. The molecule has 0 saturated carbocycles. The first-order valence-corrected chi connectivity index (χ1v) is 3.51. The van der Waals surface area contributed by atoms with E-state index in [1.807, 2.05) is 6.07 Å². The van der Waals surface area contributed by atoms with Gasteiger partial charge in [-0.2, -0.15) is 5.26 Å². The maximum atomic E-state index is 8.93. The number of rotatable bonds is 3. The number of ether oxygens (including phenoxy) is 1. The molecule has 0 aromatic rings. The van der Waals surface area contributed by atoms with Crippen LogP contribution in [0.1, 0.15) is 13.8 Å². The van der Waals surface area contributed by atoms with Crippen LogP contribution in [0.5, 0.6) is 0 Å². The van der Waals surface area contributed by atoms with Gasteiger partial charge in [0.05, 0.1) is 12.3 Å². The average molecular weight is 168 g/mol. The van der Waals surface area contributed by atoms with Crippen molar-refractivity contribution in [2.45, 2.75) is 13.8 Å². The predicted molar refractivity (Wildman–Crippen MR) is 44.8 cm³/mol. The molecule has 0 saturated heterocycles. The molecule has 4 nitrogen and oxygen atoms in total. The standard InChI is InChI=1S/C8H12N2O2/c1-3-12-5-7(4-9)8(10)6(2)11/h5,11H,3,10H2,1-2H3/b7-5-,8-6-. The van der Waals surface area contributed by atoms with Crippen molar-refractivity contribution >= 4 is 0 Å². The lowest BCUT2D eigenvalue weighted by Gasteiger charge is -2.00. The highest BCUT2D eigenvalue weighted by atomic mass is 16.5. The van der Waals surface area contributed by atoms with Crippen LogP contribution in [0.25, 0.3) is 0 Å². The van der Waals surface area contributed by atoms with E-state index in [2.05, 4.69) is 0 Å². The smallest absolute Gasteiger partial charge is 0.113 e. The zero-order chi connectivity index (χ0) is 9.56. The summed E-state index contributed by atoms with van der Waals surface area (Å²) in [4.78, 5) is 0. The Bertz CT molecular complexity index is 244. The third-order valence-electron chi connectivity index (χ3n) is 1.17. The van der Waals surface area contributed by atoms with Crippen LogP contribution < -0.4 is 5.73 Å². The lowest BCUT2D eigenvalue weighted by atomic mass is 10.2. The quantitative estimate of drug-likeness (QED) is 0.376. The van der Waals surface area contributed by atoms with Crippen molar-refractivity contribution in [1.29, 1.82) is 5.26 Å². The SMILES string of the molecule is CCO/C=C(C#N)\C(N)=C(/C)O. The van der Waals surface area contributed by atoms with Crippen LogP contribution in [0, 0.1) is 11.3 Å². The van der Waals surface area contributed by atoms with Gasteiger partial charge in [-0.3, -0.25) is 0 Å². The Hall–Kier alpha value is -1.63. The second-order valence-corrected chi connectivity index (χ2v) is 2.10. The molecule has 0 spiro atoms. The fraction of sp³-hybridized carbons (Fsp3) is 0.375. The van der Waals surface area contributed by atoms with Crippen molar-refractivity contribution in [3.05, 3.63) is 23.3 Å². The van der Waals surface area contributed by atoms with Gasteiger partial charge >= 0.3 is 0 Å². The molecule has 0 radical (unpaired) electrons. The number of nitriles is 1. The van der Waals surface area contributed by atoms with Crippen LogP contribution in [-0.4, -0.2) is 11.7 Å². The highest BCUT2D eigenvalue weighted by Crippen LogP contribution is 2.06. The van der Waals surface area contributed by atoms with E-state index in [9.17, 15) is 0 Å². The van der Waals surface area contributed by atoms with Gasteiger partial charge < -0.3 is 15.6 Å². The first-order chi connectivity index (χ1) is 5.63. The Morgan fingerprint density at radius 2 is 2.33 bits per heavy atom. The number of hydrogen-bond donors (Lipinski definition) is 2. The molecule has 0 aromatic heterocycles. The first kappa shape index (κ1) is 10.4. The summed E-state index contributed by atoms with van der Waals surface area (Å²) < 4.78 is 4.85. The molecule has 0 fully saturated rings.